The quantitative estimate of drug-likeness (QED) is 0.784. The number of halogens is 1. The van der Waals surface area contributed by atoms with Gasteiger partial charge >= 0.3 is 5.97 Å². The molecule has 0 radical (unpaired) electrons. The summed E-state index contributed by atoms with van der Waals surface area (Å²) in [6.07, 6.45) is 0. The molecule has 0 amide bonds. The van der Waals surface area contributed by atoms with Crippen molar-refractivity contribution in [3.8, 4) is 0 Å². The summed E-state index contributed by atoms with van der Waals surface area (Å²) in [6.45, 7) is 3.56. The first-order chi connectivity index (χ1) is 10.8. The van der Waals surface area contributed by atoms with Gasteiger partial charge in [-0.25, -0.2) is 18.2 Å². The van der Waals surface area contributed by atoms with Crippen molar-refractivity contribution in [2.24, 2.45) is 0 Å². The molecule has 0 aliphatic heterocycles. The molecule has 1 heterocycles. The van der Waals surface area contributed by atoms with Gasteiger partial charge in [-0.2, -0.15) is 0 Å². The van der Waals surface area contributed by atoms with Gasteiger partial charge in [-0.1, -0.05) is 41.1 Å². The number of anilines is 1. The van der Waals surface area contributed by atoms with Crippen LogP contribution in [0.15, 0.2) is 24.3 Å². The number of aryl methyl sites for hydroxylation is 1. The van der Waals surface area contributed by atoms with Crippen molar-refractivity contribution in [2.75, 3.05) is 11.3 Å². The number of hydrogen-bond donors (Lipinski definition) is 1. The summed E-state index contributed by atoms with van der Waals surface area (Å²) in [7, 11) is -3.69. The first-order valence-electron chi connectivity index (χ1n) is 6.71. The lowest BCUT2D eigenvalue weighted by molar-refractivity contribution is 0.0531. The third-order valence-corrected chi connectivity index (χ3v) is 5.55. The largest absolute Gasteiger partial charge is 0.462 e. The highest BCUT2D eigenvalue weighted by atomic mass is 35.5. The molecule has 0 unspecified atom stereocenters. The molecule has 1 aromatic carbocycles. The summed E-state index contributed by atoms with van der Waals surface area (Å²) in [6, 6.07) is 6.70. The minimum Gasteiger partial charge on any atom is -0.462 e. The standard InChI is InChI=1S/C14H15ClN2O4S2/c1-3-21-13(18)12-9(2)16-14(22-12)17-23(19,20)8-10-6-4-5-7-11(10)15/h4-7H,3,8H2,1-2H3,(H,16,17). The van der Waals surface area contributed by atoms with Gasteiger partial charge in [0, 0.05) is 5.02 Å². The topological polar surface area (TPSA) is 85.4 Å². The number of thiazole rings is 1. The highest BCUT2D eigenvalue weighted by Crippen LogP contribution is 2.25. The zero-order chi connectivity index (χ0) is 17.0. The number of ether oxygens (including phenoxy) is 1. The molecule has 0 spiro atoms. The predicted molar refractivity (Wildman–Crippen MR) is 90.5 cm³/mol. The fourth-order valence-electron chi connectivity index (χ4n) is 1.82. The first-order valence-corrected chi connectivity index (χ1v) is 9.55. The normalized spacial score (nSPS) is 11.3. The molecule has 124 valence electrons. The van der Waals surface area contributed by atoms with Gasteiger partial charge in [0.1, 0.15) is 4.88 Å². The molecule has 1 aromatic heterocycles. The van der Waals surface area contributed by atoms with Crippen molar-refractivity contribution in [1.82, 2.24) is 4.98 Å². The molecule has 1 N–H and O–H groups in total. The van der Waals surface area contributed by atoms with Gasteiger partial charge in [0.2, 0.25) is 10.0 Å². The van der Waals surface area contributed by atoms with E-state index >= 15 is 0 Å². The van der Waals surface area contributed by atoms with Crippen LogP contribution in [0.3, 0.4) is 0 Å². The number of carbonyl (C=O) groups excluding carboxylic acids is 1. The molecule has 6 nitrogen and oxygen atoms in total. The molecular formula is C14H15ClN2O4S2. The van der Waals surface area contributed by atoms with Crippen molar-refractivity contribution in [3.63, 3.8) is 0 Å². The number of hydrogen-bond acceptors (Lipinski definition) is 6. The van der Waals surface area contributed by atoms with Crippen molar-refractivity contribution in [3.05, 3.63) is 45.4 Å². The van der Waals surface area contributed by atoms with Crippen LogP contribution in [-0.2, 0) is 20.5 Å². The number of benzene rings is 1. The van der Waals surface area contributed by atoms with Crippen LogP contribution in [0.4, 0.5) is 5.13 Å². The van der Waals surface area contributed by atoms with Crippen LogP contribution in [0.1, 0.15) is 27.9 Å². The summed E-state index contributed by atoms with van der Waals surface area (Å²) in [5, 5.41) is 0.498. The fourth-order valence-corrected chi connectivity index (χ4v) is 4.40. The van der Waals surface area contributed by atoms with Gasteiger partial charge in [0.05, 0.1) is 18.1 Å². The van der Waals surface area contributed by atoms with Crippen LogP contribution in [0.2, 0.25) is 5.02 Å². The Morgan fingerprint density at radius 1 is 1.39 bits per heavy atom. The van der Waals surface area contributed by atoms with Crippen molar-refractivity contribution < 1.29 is 17.9 Å². The van der Waals surface area contributed by atoms with E-state index in [9.17, 15) is 13.2 Å². The second-order valence-electron chi connectivity index (χ2n) is 4.61. The van der Waals surface area contributed by atoms with E-state index in [4.69, 9.17) is 16.3 Å². The van der Waals surface area contributed by atoms with Gasteiger partial charge < -0.3 is 4.74 Å². The molecule has 0 fully saturated rings. The zero-order valence-electron chi connectivity index (χ0n) is 12.5. The van der Waals surface area contributed by atoms with Crippen LogP contribution < -0.4 is 4.72 Å². The third kappa shape index (κ3) is 4.66. The summed E-state index contributed by atoms with van der Waals surface area (Å²) in [5.41, 5.74) is 0.907. The Morgan fingerprint density at radius 2 is 2.09 bits per heavy atom. The Hall–Kier alpha value is -1.64. The Labute approximate surface area is 143 Å². The van der Waals surface area contributed by atoms with Gasteiger partial charge in [-0.05, 0) is 25.5 Å². The Morgan fingerprint density at radius 3 is 2.74 bits per heavy atom. The van der Waals surface area contributed by atoms with Crippen LogP contribution in [0.5, 0.6) is 0 Å². The average Bonchev–Trinajstić information content (AvgIpc) is 2.81. The number of nitrogens with zero attached hydrogens (tertiary/aromatic N) is 1. The van der Waals surface area contributed by atoms with E-state index in [1.807, 2.05) is 0 Å². The fraction of sp³-hybridized carbons (Fsp3) is 0.286. The van der Waals surface area contributed by atoms with Crippen molar-refractivity contribution in [1.29, 1.82) is 0 Å². The summed E-state index contributed by atoms with van der Waals surface area (Å²) in [4.78, 5) is 16.1. The van der Waals surface area contributed by atoms with E-state index in [-0.39, 0.29) is 22.4 Å². The second kappa shape index (κ2) is 7.29. The zero-order valence-corrected chi connectivity index (χ0v) is 14.9. The van der Waals surface area contributed by atoms with Crippen LogP contribution in [0.25, 0.3) is 0 Å². The summed E-state index contributed by atoms with van der Waals surface area (Å²) < 4.78 is 31.7. The molecular weight excluding hydrogens is 360 g/mol. The van der Waals surface area contributed by atoms with E-state index in [2.05, 4.69) is 9.71 Å². The molecule has 9 heteroatoms. The minimum absolute atomic E-state index is 0.123. The first kappa shape index (κ1) is 17.7. The maximum absolute atomic E-state index is 12.2. The van der Waals surface area contributed by atoms with Gasteiger partial charge in [0.25, 0.3) is 0 Å². The van der Waals surface area contributed by atoms with Crippen molar-refractivity contribution >= 4 is 44.1 Å². The SMILES string of the molecule is CCOC(=O)c1sc(NS(=O)(=O)Cc2ccccc2Cl)nc1C. The maximum atomic E-state index is 12.2. The Bertz CT molecular complexity index is 818. The van der Waals surface area contributed by atoms with Crippen LogP contribution in [-0.4, -0.2) is 26.0 Å². The molecule has 0 aliphatic rings. The second-order valence-corrected chi connectivity index (χ2v) is 7.74. The molecule has 0 atom stereocenters. The summed E-state index contributed by atoms with van der Waals surface area (Å²) >= 11 is 6.91. The maximum Gasteiger partial charge on any atom is 0.350 e. The van der Waals surface area contributed by atoms with E-state index in [1.54, 1.807) is 38.1 Å². The lowest BCUT2D eigenvalue weighted by atomic mass is 10.2. The average molecular weight is 375 g/mol. The molecule has 0 bridgehead atoms. The number of sulfonamides is 1. The predicted octanol–water partition coefficient (Wildman–Crippen LogP) is 3.22. The lowest BCUT2D eigenvalue weighted by Gasteiger charge is -2.06. The molecule has 0 saturated heterocycles. The highest BCUT2D eigenvalue weighted by Gasteiger charge is 2.20. The monoisotopic (exact) mass is 374 g/mol. The summed E-state index contributed by atoms with van der Waals surface area (Å²) in [5.74, 6) is -0.793. The number of rotatable bonds is 6. The molecule has 0 saturated carbocycles. The number of esters is 1. The highest BCUT2D eigenvalue weighted by molar-refractivity contribution is 7.92. The number of carbonyl (C=O) groups is 1. The third-order valence-electron chi connectivity index (χ3n) is 2.80. The number of nitrogens with one attached hydrogen (secondary N) is 1. The van der Waals surface area contributed by atoms with E-state index in [0.717, 1.165) is 11.3 Å². The Balaban J connectivity index is 2.17. The minimum atomic E-state index is -3.69. The van der Waals surface area contributed by atoms with E-state index in [1.165, 1.54) is 0 Å². The van der Waals surface area contributed by atoms with Crippen molar-refractivity contribution in [2.45, 2.75) is 19.6 Å². The molecule has 23 heavy (non-hydrogen) atoms. The lowest BCUT2D eigenvalue weighted by Crippen LogP contribution is -2.15. The van der Waals surface area contributed by atoms with E-state index < -0.39 is 16.0 Å². The van der Waals surface area contributed by atoms with E-state index in [0.29, 0.717) is 16.3 Å². The van der Waals surface area contributed by atoms with Gasteiger partial charge in [-0.3, -0.25) is 4.72 Å². The molecule has 2 rings (SSSR count). The smallest absolute Gasteiger partial charge is 0.350 e. The van der Waals surface area contributed by atoms with Gasteiger partial charge in [0.15, 0.2) is 5.13 Å². The van der Waals surface area contributed by atoms with Crippen LogP contribution >= 0.6 is 22.9 Å². The number of aromatic nitrogens is 1. The van der Waals surface area contributed by atoms with Crippen LogP contribution in [0, 0.1) is 6.92 Å². The molecule has 2 aromatic rings. The van der Waals surface area contributed by atoms with Gasteiger partial charge in [-0.15, -0.1) is 0 Å². The Kier molecular flexibility index (Phi) is 5.61. The molecule has 0 aliphatic carbocycles.